The molecule has 2 rings (SSSR count). The van der Waals surface area contributed by atoms with Gasteiger partial charge in [-0.05, 0) is 38.7 Å². The zero-order valence-corrected chi connectivity index (χ0v) is 15.6. The Labute approximate surface area is 146 Å². The zero-order chi connectivity index (χ0) is 16.2. The summed E-state index contributed by atoms with van der Waals surface area (Å²) in [5, 5.41) is 0. The lowest BCUT2D eigenvalue weighted by atomic mass is 9.84. The maximum Gasteiger partial charge on any atom is 0.127 e. The van der Waals surface area contributed by atoms with Gasteiger partial charge in [0.15, 0.2) is 0 Å². The number of hydrogen-bond donors (Lipinski definition) is 1. The van der Waals surface area contributed by atoms with E-state index in [1.54, 1.807) is 14.2 Å². The molecule has 0 radical (unpaired) electrons. The summed E-state index contributed by atoms with van der Waals surface area (Å²) in [7, 11) is 3.38. The summed E-state index contributed by atoms with van der Waals surface area (Å²) >= 11 is 0. The van der Waals surface area contributed by atoms with Crippen LogP contribution in [0, 0.1) is 5.92 Å². The molecule has 0 atom stereocenters. The van der Waals surface area contributed by atoms with Crippen molar-refractivity contribution in [3.8, 4) is 11.5 Å². The molecule has 2 N–H and O–H groups in total. The first-order chi connectivity index (χ1) is 10.4. The number of nitrogens with zero attached hydrogens (tertiary/aromatic N) is 1. The first-order valence-electron chi connectivity index (χ1n) is 8.13. The van der Waals surface area contributed by atoms with E-state index < -0.39 is 0 Å². The van der Waals surface area contributed by atoms with Gasteiger partial charge in [-0.25, -0.2) is 0 Å². The van der Waals surface area contributed by atoms with Crippen molar-refractivity contribution in [1.82, 2.24) is 4.90 Å². The fourth-order valence-corrected chi connectivity index (χ4v) is 3.03. The van der Waals surface area contributed by atoms with Crippen LogP contribution < -0.4 is 15.2 Å². The molecule has 0 aliphatic heterocycles. The molecule has 23 heavy (non-hydrogen) atoms. The molecule has 0 saturated heterocycles. The minimum atomic E-state index is -0.191. The third-order valence-electron chi connectivity index (χ3n) is 4.26. The fourth-order valence-electron chi connectivity index (χ4n) is 3.03. The normalized spacial score (nSPS) is 15.0. The Hall–Kier alpha value is -0.970. The van der Waals surface area contributed by atoms with Gasteiger partial charge in [-0.15, -0.1) is 12.4 Å². The Morgan fingerprint density at radius 3 is 2.39 bits per heavy atom. The highest BCUT2D eigenvalue weighted by Gasteiger charge is 2.24. The second-order valence-corrected chi connectivity index (χ2v) is 7.13. The van der Waals surface area contributed by atoms with Crippen LogP contribution in [0.15, 0.2) is 18.2 Å². The molecule has 1 fully saturated rings. The first kappa shape index (κ1) is 20.1. The number of nitrogens with two attached hydrogens (primary N) is 1. The monoisotopic (exact) mass is 342 g/mol. The molecule has 1 aliphatic rings. The maximum absolute atomic E-state index is 6.25. The van der Waals surface area contributed by atoms with E-state index in [0.29, 0.717) is 0 Å². The molecule has 1 aliphatic carbocycles. The summed E-state index contributed by atoms with van der Waals surface area (Å²) in [6.07, 6.45) is 4.07. The lowest BCUT2D eigenvalue weighted by molar-refractivity contribution is 0.147. The maximum atomic E-state index is 6.25. The van der Waals surface area contributed by atoms with Crippen molar-refractivity contribution < 1.29 is 9.47 Å². The minimum absolute atomic E-state index is 0. The number of ether oxygens (including phenoxy) is 2. The SMILES string of the molecule is COc1ccc(CN(CC2CCC2)CC(C)(C)N)c(OC)c1.Cl. The summed E-state index contributed by atoms with van der Waals surface area (Å²) in [6.45, 7) is 7.05. The Morgan fingerprint density at radius 2 is 1.91 bits per heavy atom. The summed E-state index contributed by atoms with van der Waals surface area (Å²) < 4.78 is 10.8. The van der Waals surface area contributed by atoms with Crippen LogP contribution in [0.5, 0.6) is 11.5 Å². The highest BCUT2D eigenvalue weighted by molar-refractivity contribution is 5.85. The zero-order valence-electron chi connectivity index (χ0n) is 14.8. The van der Waals surface area contributed by atoms with Crippen molar-refractivity contribution >= 4 is 12.4 Å². The summed E-state index contributed by atoms with van der Waals surface area (Å²) in [5.41, 5.74) is 7.24. The molecule has 0 heterocycles. The van der Waals surface area contributed by atoms with Crippen LogP contribution in [-0.2, 0) is 6.54 Å². The van der Waals surface area contributed by atoms with Crippen molar-refractivity contribution in [2.75, 3.05) is 27.3 Å². The van der Waals surface area contributed by atoms with Gasteiger partial charge in [0.2, 0.25) is 0 Å². The van der Waals surface area contributed by atoms with E-state index in [1.165, 1.54) is 24.8 Å². The van der Waals surface area contributed by atoms with Crippen molar-refractivity contribution in [2.24, 2.45) is 11.7 Å². The van der Waals surface area contributed by atoms with Crippen LogP contribution in [0.1, 0.15) is 38.7 Å². The highest BCUT2D eigenvalue weighted by Crippen LogP contribution is 2.30. The number of hydrogen-bond acceptors (Lipinski definition) is 4. The largest absolute Gasteiger partial charge is 0.497 e. The smallest absolute Gasteiger partial charge is 0.127 e. The van der Waals surface area contributed by atoms with Gasteiger partial charge in [-0.1, -0.05) is 12.5 Å². The Kier molecular flexibility index (Phi) is 7.65. The van der Waals surface area contributed by atoms with Gasteiger partial charge < -0.3 is 15.2 Å². The second kappa shape index (κ2) is 8.76. The van der Waals surface area contributed by atoms with Crippen LogP contribution in [0.25, 0.3) is 0 Å². The van der Waals surface area contributed by atoms with Crippen molar-refractivity contribution in [2.45, 2.75) is 45.2 Å². The van der Waals surface area contributed by atoms with E-state index in [4.69, 9.17) is 15.2 Å². The van der Waals surface area contributed by atoms with Gasteiger partial charge >= 0.3 is 0 Å². The first-order valence-corrected chi connectivity index (χ1v) is 8.13. The van der Waals surface area contributed by atoms with Gasteiger partial charge in [0.1, 0.15) is 11.5 Å². The summed E-state index contributed by atoms with van der Waals surface area (Å²) in [4.78, 5) is 2.47. The van der Waals surface area contributed by atoms with Crippen LogP contribution >= 0.6 is 12.4 Å². The number of halogens is 1. The Bertz CT molecular complexity index is 484. The standard InChI is InChI=1S/C18H30N2O2.ClH/c1-18(2,19)13-20(11-14-6-5-7-14)12-15-8-9-16(21-3)10-17(15)22-4;/h8-10,14H,5-7,11-13,19H2,1-4H3;1H. The van der Waals surface area contributed by atoms with Crippen molar-refractivity contribution in [1.29, 1.82) is 0 Å². The van der Waals surface area contributed by atoms with Crippen LogP contribution in [-0.4, -0.2) is 37.7 Å². The predicted octanol–water partition coefficient (Wildman–Crippen LogP) is 3.47. The summed E-state index contributed by atoms with van der Waals surface area (Å²) in [5.74, 6) is 2.53. The topological polar surface area (TPSA) is 47.7 Å². The van der Waals surface area contributed by atoms with E-state index in [-0.39, 0.29) is 17.9 Å². The third kappa shape index (κ3) is 6.21. The lowest BCUT2D eigenvalue weighted by Crippen LogP contribution is -2.47. The third-order valence-corrected chi connectivity index (χ3v) is 4.26. The molecule has 1 aromatic carbocycles. The van der Waals surface area contributed by atoms with E-state index >= 15 is 0 Å². The van der Waals surface area contributed by atoms with Crippen molar-refractivity contribution in [3.05, 3.63) is 23.8 Å². The molecule has 4 nitrogen and oxygen atoms in total. The van der Waals surface area contributed by atoms with E-state index in [9.17, 15) is 0 Å². The van der Waals surface area contributed by atoms with Crippen LogP contribution in [0.3, 0.4) is 0 Å². The lowest BCUT2D eigenvalue weighted by Gasteiger charge is -2.36. The van der Waals surface area contributed by atoms with Crippen LogP contribution in [0.2, 0.25) is 0 Å². The quantitative estimate of drug-likeness (QED) is 0.786. The average Bonchev–Trinajstić information content (AvgIpc) is 2.41. The van der Waals surface area contributed by atoms with Gasteiger partial charge in [-0.2, -0.15) is 0 Å². The van der Waals surface area contributed by atoms with E-state index in [2.05, 4.69) is 24.8 Å². The number of methoxy groups -OCH3 is 2. The van der Waals surface area contributed by atoms with Gasteiger partial charge in [0.05, 0.1) is 14.2 Å². The minimum Gasteiger partial charge on any atom is -0.497 e. The molecule has 5 heteroatoms. The summed E-state index contributed by atoms with van der Waals surface area (Å²) in [6, 6.07) is 6.03. The molecular formula is C18H31ClN2O2. The molecule has 0 spiro atoms. The second-order valence-electron chi connectivity index (χ2n) is 7.13. The van der Waals surface area contributed by atoms with E-state index in [1.807, 2.05) is 12.1 Å². The number of benzene rings is 1. The molecule has 0 aromatic heterocycles. The molecular weight excluding hydrogens is 312 g/mol. The Balaban J connectivity index is 0.00000264. The molecule has 1 saturated carbocycles. The molecule has 0 bridgehead atoms. The van der Waals surface area contributed by atoms with Crippen molar-refractivity contribution in [3.63, 3.8) is 0 Å². The van der Waals surface area contributed by atoms with Crippen LogP contribution in [0.4, 0.5) is 0 Å². The molecule has 1 aromatic rings. The molecule has 0 amide bonds. The number of rotatable bonds is 8. The predicted molar refractivity (Wildman–Crippen MR) is 97.7 cm³/mol. The van der Waals surface area contributed by atoms with Gasteiger partial charge in [0.25, 0.3) is 0 Å². The molecule has 132 valence electrons. The average molecular weight is 343 g/mol. The van der Waals surface area contributed by atoms with Gasteiger partial charge in [0, 0.05) is 36.8 Å². The van der Waals surface area contributed by atoms with E-state index in [0.717, 1.165) is 37.1 Å². The fraction of sp³-hybridized carbons (Fsp3) is 0.667. The molecule has 0 unspecified atom stereocenters. The van der Waals surface area contributed by atoms with Gasteiger partial charge in [-0.3, -0.25) is 4.90 Å². The highest BCUT2D eigenvalue weighted by atomic mass is 35.5. The Morgan fingerprint density at radius 1 is 1.22 bits per heavy atom.